The lowest BCUT2D eigenvalue weighted by Crippen LogP contribution is -2.12. The minimum Gasteiger partial charge on any atom is -0.379 e. The number of hydrogen-bond donors (Lipinski definition) is 2. The van der Waals surface area contributed by atoms with Crippen LogP contribution in [0.15, 0.2) is 24.4 Å². The molecular weight excluding hydrogens is 254 g/mol. The Bertz CT molecular complexity index is 581. The van der Waals surface area contributed by atoms with E-state index in [1.54, 1.807) is 36.1 Å². The van der Waals surface area contributed by atoms with Crippen LogP contribution in [0.3, 0.4) is 0 Å². The van der Waals surface area contributed by atoms with Crippen molar-refractivity contribution in [3.8, 4) is 0 Å². The third kappa shape index (κ3) is 2.78. The van der Waals surface area contributed by atoms with E-state index < -0.39 is 5.91 Å². The SMILES string of the molecule is Cn1cc(CNc2ccc(Cl)c(C(N)=O)c2)nn1. The zero-order valence-electron chi connectivity index (χ0n) is 9.72. The van der Waals surface area contributed by atoms with Crippen LogP contribution in [0.25, 0.3) is 0 Å². The third-order valence-corrected chi connectivity index (χ3v) is 2.69. The molecule has 1 aromatic heterocycles. The molecule has 2 rings (SSSR count). The highest BCUT2D eigenvalue weighted by Crippen LogP contribution is 2.20. The van der Waals surface area contributed by atoms with Gasteiger partial charge in [-0.25, -0.2) is 0 Å². The third-order valence-electron chi connectivity index (χ3n) is 2.36. The number of nitrogens with zero attached hydrogens (tertiary/aromatic N) is 3. The summed E-state index contributed by atoms with van der Waals surface area (Å²) in [7, 11) is 1.80. The first-order valence-corrected chi connectivity index (χ1v) is 5.62. The maximum absolute atomic E-state index is 11.1. The zero-order valence-corrected chi connectivity index (χ0v) is 10.5. The van der Waals surface area contributed by atoms with Crippen LogP contribution >= 0.6 is 11.6 Å². The maximum atomic E-state index is 11.1. The summed E-state index contributed by atoms with van der Waals surface area (Å²) in [6.45, 7) is 0.508. The quantitative estimate of drug-likeness (QED) is 0.869. The van der Waals surface area contributed by atoms with Crippen molar-refractivity contribution in [3.63, 3.8) is 0 Å². The van der Waals surface area contributed by atoms with Gasteiger partial charge in [0.25, 0.3) is 0 Å². The number of halogens is 1. The molecule has 6 nitrogen and oxygen atoms in total. The number of rotatable bonds is 4. The van der Waals surface area contributed by atoms with Gasteiger partial charge in [-0.3, -0.25) is 9.48 Å². The number of carbonyl (C=O) groups is 1. The van der Waals surface area contributed by atoms with Gasteiger partial charge in [-0.05, 0) is 18.2 Å². The fourth-order valence-electron chi connectivity index (χ4n) is 1.49. The molecule has 1 amide bonds. The number of anilines is 1. The summed E-state index contributed by atoms with van der Waals surface area (Å²) in [5.74, 6) is -0.553. The summed E-state index contributed by atoms with van der Waals surface area (Å²) >= 11 is 5.86. The Morgan fingerprint density at radius 3 is 2.94 bits per heavy atom. The van der Waals surface area contributed by atoms with E-state index in [2.05, 4.69) is 15.6 Å². The molecule has 18 heavy (non-hydrogen) atoms. The highest BCUT2D eigenvalue weighted by atomic mass is 35.5. The number of nitrogens with two attached hydrogens (primary N) is 1. The van der Waals surface area contributed by atoms with Gasteiger partial charge in [0, 0.05) is 18.9 Å². The number of benzene rings is 1. The molecule has 2 aromatic rings. The van der Waals surface area contributed by atoms with E-state index in [4.69, 9.17) is 17.3 Å². The standard InChI is InChI=1S/C11H12ClN5O/c1-17-6-8(15-16-17)5-14-7-2-3-10(12)9(4-7)11(13)18/h2-4,6,14H,5H2,1H3,(H2,13,18). The number of amides is 1. The Morgan fingerprint density at radius 1 is 1.56 bits per heavy atom. The predicted octanol–water partition coefficient (Wildman–Crippen LogP) is 1.18. The van der Waals surface area contributed by atoms with Crippen LogP contribution in [0.5, 0.6) is 0 Å². The van der Waals surface area contributed by atoms with Crippen LogP contribution in [-0.4, -0.2) is 20.9 Å². The minimum absolute atomic E-state index is 0.292. The number of aromatic nitrogens is 3. The molecule has 94 valence electrons. The molecule has 0 aliphatic carbocycles. The van der Waals surface area contributed by atoms with Gasteiger partial charge in [0.2, 0.25) is 5.91 Å². The van der Waals surface area contributed by atoms with Crippen LogP contribution in [-0.2, 0) is 13.6 Å². The molecule has 0 atom stereocenters. The van der Waals surface area contributed by atoms with E-state index in [0.29, 0.717) is 17.1 Å². The fourth-order valence-corrected chi connectivity index (χ4v) is 1.70. The molecule has 1 heterocycles. The van der Waals surface area contributed by atoms with Crippen molar-refractivity contribution in [2.45, 2.75) is 6.54 Å². The van der Waals surface area contributed by atoms with Gasteiger partial charge < -0.3 is 11.1 Å². The van der Waals surface area contributed by atoms with Gasteiger partial charge in [0.05, 0.1) is 17.1 Å². The van der Waals surface area contributed by atoms with Crippen molar-refractivity contribution in [3.05, 3.63) is 40.7 Å². The largest absolute Gasteiger partial charge is 0.379 e. The Morgan fingerprint density at radius 2 is 2.33 bits per heavy atom. The Kier molecular flexibility index (Phi) is 3.47. The van der Waals surface area contributed by atoms with Gasteiger partial charge in [0.15, 0.2) is 0 Å². The van der Waals surface area contributed by atoms with Crippen molar-refractivity contribution in [2.24, 2.45) is 12.8 Å². The molecule has 1 aromatic carbocycles. The van der Waals surface area contributed by atoms with E-state index in [1.807, 2.05) is 0 Å². The zero-order chi connectivity index (χ0) is 13.1. The average molecular weight is 266 g/mol. The van der Waals surface area contributed by atoms with Crippen molar-refractivity contribution < 1.29 is 4.79 Å². The van der Waals surface area contributed by atoms with E-state index in [1.165, 1.54) is 0 Å². The number of hydrogen-bond acceptors (Lipinski definition) is 4. The van der Waals surface area contributed by atoms with Gasteiger partial charge in [-0.1, -0.05) is 16.8 Å². The molecule has 0 spiro atoms. The molecule has 0 saturated carbocycles. The van der Waals surface area contributed by atoms with Crippen LogP contribution in [0.2, 0.25) is 5.02 Å². The Hall–Kier alpha value is -2.08. The fraction of sp³-hybridized carbons (Fsp3) is 0.182. The molecular formula is C11H12ClN5O. The molecule has 0 saturated heterocycles. The molecule has 0 aliphatic heterocycles. The summed E-state index contributed by atoms with van der Waals surface area (Å²) in [4.78, 5) is 11.1. The smallest absolute Gasteiger partial charge is 0.250 e. The highest BCUT2D eigenvalue weighted by Gasteiger charge is 2.07. The van der Waals surface area contributed by atoms with Gasteiger partial charge >= 0.3 is 0 Å². The number of carbonyl (C=O) groups excluding carboxylic acids is 1. The predicted molar refractivity (Wildman–Crippen MR) is 68.3 cm³/mol. The second kappa shape index (κ2) is 5.05. The molecule has 7 heteroatoms. The summed E-state index contributed by atoms with van der Waals surface area (Å²) in [5.41, 5.74) is 7.06. The number of primary amides is 1. The number of nitrogens with one attached hydrogen (secondary N) is 1. The molecule has 3 N–H and O–H groups in total. The lowest BCUT2D eigenvalue weighted by Gasteiger charge is -2.06. The second-order valence-corrected chi connectivity index (χ2v) is 4.20. The highest BCUT2D eigenvalue weighted by molar-refractivity contribution is 6.33. The van der Waals surface area contributed by atoms with Crippen molar-refractivity contribution >= 4 is 23.2 Å². The van der Waals surface area contributed by atoms with Gasteiger partial charge in [-0.2, -0.15) is 0 Å². The van der Waals surface area contributed by atoms with E-state index >= 15 is 0 Å². The van der Waals surface area contributed by atoms with Crippen LogP contribution in [0, 0.1) is 0 Å². The first-order valence-electron chi connectivity index (χ1n) is 5.24. The second-order valence-electron chi connectivity index (χ2n) is 3.80. The average Bonchev–Trinajstić information content (AvgIpc) is 2.74. The topological polar surface area (TPSA) is 85.8 Å². The van der Waals surface area contributed by atoms with E-state index in [-0.39, 0.29) is 0 Å². The van der Waals surface area contributed by atoms with Crippen LogP contribution in [0.4, 0.5) is 5.69 Å². The van der Waals surface area contributed by atoms with E-state index in [0.717, 1.165) is 11.4 Å². The normalized spacial score (nSPS) is 10.3. The first kappa shape index (κ1) is 12.4. The molecule has 0 radical (unpaired) electrons. The molecule has 0 unspecified atom stereocenters. The lowest BCUT2D eigenvalue weighted by molar-refractivity contribution is 0.100. The maximum Gasteiger partial charge on any atom is 0.250 e. The van der Waals surface area contributed by atoms with Crippen molar-refractivity contribution in [2.75, 3.05) is 5.32 Å². The van der Waals surface area contributed by atoms with Gasteiger partial charge in [-0.15, -0.1) is 5.10 Å². The van der Waals surface area contributed by atoms with E-state index in [9.17, 15) is 4.79 Å². The van der Waals surface area contributed by atoms with Crippen molar-refractivity contribution in [1.29, 1.82) is 0 Å². The summed E-state index contributed by atoms with van der Waals surface area (Å²) in [6.07, 6.45) is 1.80. The molecule has 0 fully saturated rings. The van der Waals surface area contributed by atoms with Crippen LogP contribution in [0.1, 0.15) is 16.1 Å². The van der Waals surface area contributed by atoms with Crippen molar-refractivity contribution in [1.82, 2.24) is 15.0 Å². The van der Waals surface area contributed by atoms with Gasteiger partial charge in [0.1, 0.15) is 5.69 Å². The lowest BCUT2D eigenvalue weighted by atomic mass is 10.2. The molecule has 0 bridgehead atoms. The Balaban J connectivity index is 2.10. The summed E-state index contributed by atoms with van der Waals surface area (Å²) in [6, 6.07) is 5.01. The minimum atomic E-state index is -0.553. The first-order chi connectivity index (χ1) is 8.56. The summed E-state index contributed by atoms with van der Waals surface area (Å²) < 4.78 is 1.62. The molecule has 0 aliphatic rings. The van der Waals surface area contributed by atoms with Crippen LogP contribution < -0.4 is 11.1 Å². The summed E-state index contributed by atoms with van der Waals surface area (Å²) in [5, 5.41) is 11.2. The number of aryl methyl sites for hydroxylation is 1. The Labute approximate surface area is 109 Å². The monoisotopic (exact) mass is 265 g/mol.